The number of piperazine rings is 1. The number of thiophene rings is 1. The lowest BCUT2D eigenvalue weighted by Gasteiger charge is -2.34. The minimum absolute atomic E-state index is 0.0511. The number of benzene rings is 1. The Labute approximate surface area is 160 Å². The van der Waals surface area contributed by atoms with Gasteiger partial charge in [0.25, 0.3) is 0 Å². The maximum absolute atomic E-state index is 12.1. The Morgan fingerprint density at radius 1 is 1.08 bits per heavy atom. The molecule has 0 atom stereocenters. The lowest BCUT2D eigenvalue weighted by atomic mass is 10.1. The van der Waals surface area contributed by atoms with E-state index in [9.17, 15) is 4.79 Å². The molecule has 4 nitrogen and oxygen atoms in total. The molecule has 5 heteroatoms. The van der Waals surface area contributed by atoms with Crippen LogP contribution in [0.3, 0.4) is 0 Å². The average molecular weight is 370 g/mol. The third-order valence-corrected chi connectivity index (χ3v) is 5.66. The Balaban J connectivity index is 1.53. The van der Waals surface area contributed by atoms with E-state index in [1.807, 2.05) is 29.7 Å². The SMILES string of the molecule is CCN1CCN(Cc2ccccc2CNC(=O)C=Cc2cccs2)CC1. The van der Waals surface area contributed by atoms with Gasteiger partial charge in [-0.3, -0.25) is 9.69 Å². The van der Waals surface area contributed by atoms with E-state index in [-0.39, 0.29) is 5.91 Å². The number of amides is 1. The average Bonchev–Trinajstić information content (AvgIpc) is 3.20. The van der Waals surface area contributed by atoms with Gasteiger partial charge in [-0.1, -0.05) is 37.3 Å². The molecular formula is C21H27N3OS. The summed E-state index contributed by atoms with van der Waals surface area (Å²) in [5.74, 6) is -0.0511. The zero-order valence-corrected chi connectivity index (χ0v) is 16.2. The molecule has 1 aromatic heterocycles. The molecule has 1 N–H and O–H groups in total. The molecule has 2 heterocycles. The van der Waals surface area contributed by atoms with Crippen molar-refractivity contribution in [3.05, 3.63) is 63.9 Å². The molecule has 3 rings (SSSR count). The third-order valence-electron chi connectivity index (χ3n) is 4.82. The molecule has 2 aromatic rings. The van der Waals surface area contributed by atoms with Crippen molar-refractivity contribution in [2.75, 3.05) is 32.7 Å². The molecule has 0 unspecified atom stereocenters. The Morgan fingerprint density at radius 3 is 2.50 bits per heavy atom. The van der Waals surface area contributed by atoms with Crippen LogP contribution in [-0.2, 0) is 17.9 Å². The van der Waals surface area contributed by atoms with Crippen molar-refractivity contribution in [3.8, 4) is 0 Å². The lowest BCUT2D eigenvalue weighted by Crippen LogP contribution is -2.45. The van der Waals surface area contributed by atoms with Crippen molar-refractivity contribution < 1.29 is 4.79 Å². The Bertz CT molecular complexity index is 719. The Hall–Kier alpha value is -1.95. The maximum atomic E-state index is 12.1. The van der Waals surface area contributed by atoms with E-state index in [1.165, 1.54) is 11.1 Å². The molecule has 0 radical (unpaired) electrons. The van der Waals surface area contributed by atoms with Crippen molar-refractivity contribution in [3.63, 3.8) is 0 Å². The van der Waals surface area contributed by atoms with E-state index in [2.05, 4.69) is 40.2 Å². The van der Waals surface area contributed by atoms with Crippen LogP contribution < -0.4 is 5.32 Å². The predicted molar refractivity (Wildman–Crippen MR) is 109 cm³/mol. The summed E-state index contributed by atoms with van der Waals surface area (Å²) in [4.78, 5) is 18.2. The zero-order chi connectivity index (χ0) is 18.2. The van der Waals surface area contributed by atoms with Gasteiger partial charge in [0.2, 0.25) is 5.91 Å². The van der Waals surface area contributed by atoms with E-state index in [0.29, 0.717) is 6.54 Å². The normalized spacial score (nSPS) is 16.2. The molecule has 26 heavy (non-hydrogen) atoms. The molecule has 0 bridgehead atoms. The molecule has 138 valence electrons. The first-order chi connectivity index (χ1) is 12.7. The second kappa shape index (κ2) is 9.67. The van der Waals surface area contributed by atoms with Gasteiger partial charge >= 0.3 is 0 Å². The summed E-state index contributed by atoms with van der Waals surface area (Å²) in [5, 5.41) is 5.02. The van der Waals surface area contributed by atoms with Crippen LogP contribution in [-0.4, -0.2) is 48.4 Å². The summed E-state index contributed by atoms with van der Waals surface area (Å²) < 4.78 is 0. The molecule has 0 aliphatic carbocycles. The number of rotatable bonds is 7. The molecule has 1 fully saturated rings. The second-order valence-electron chi connectivity index (χ2n) is 6.55. The Morgan fingerprint density at radius 2 is 1.81 bits per heavy atom. The number of hydrogen-bond donors (Lipinski definition) is 1. The van der Waals surface area contributed by atoms with Gasteiger partial charge in [0.15, 0.2) is 0 Å². The molecule has 1 amide bonds. The van der Waals surface area contributed by atoms with Crippen molar-refractivity contribution in [2.45, 2.75) is 20.0 Å². The first kappa shape index (κ1) is 18.8. The third kappa shape index (κ3) is 5.53. The summed E-state index contributed by atoms with van der Waals surface area (Å²) in [5.41, 5.74) is 2.50. The molecule has 1 aromatic carbocycles. The largest absolute Gasteiger partial charge is 0.348 e. The second-order valence-corrected chi connectivity index (χ2v) is 7.52. The monoisotopic (exact) mass is 369 g/mol. The van der Waals surface area contributed by atoms with Crippen LogP contribution in [0, 0.1) is 0 Å². The van der Waals surface area contributed by atoms with Crippen molar-refractivity contribution in [2.24, 2.45) is 0 Å². The maximum Gasteiger partial charge on any atom is 0.244 e. The molecule has 0 spiro atoms. The highest BCUT2D eigenvalue weighted by molar-refractivity contribution is 7.10. The van der Waals surface area contributed by atoms with E-state index in [0.717, 1.165) is 44.1 Å². The topological polar surface area (TPSA) is 35.6 Å². The van der Waals surface area contributed by atoms with E-state index in [1.54, 1.807) is 17.4 Å². The van der Waals surface area contributed by atoms with E-state index >= 15 is 0 Å². The highest BCUT2D eigenvalue weighted by Crippen LogP contribution is 2.14. The first-order valence-corrected chi connectivity index (χ1v) is 10.1. The lowest BCUT2D eigenvalue weighted by molar-refractivity contribution is -0.116. The van der Waals surface area contributed by atoms with Gasteiger partial charge in [0.05, 0.1) is 0 Å². The van der Waals surface area contributed by atoms with Gasteiger partial charge in [-0.05, 0) is 35.2 Å². The van der Waals surface area contributed by atoms with Crippen LogP contribution in [0.5, 0.6) is 0 Å². The standard InChI is InChI=1S/C21H27N3OS/c1-2-23-11-13-24(14-12-23)17-19-7-4-3-6-18(19)16-22-21(25)10-9-20-8-5-15-26-20/h3-10,15H,2,11-14,16-17H2,1H3,(H,22,25). The van der Waals surface area contributed by atoms with Gasteiger partial charge in [-0.2, -0.15) is 0 Å². The highest BCUT2D eigenvalue weighted by Gasteiger charge is 2.16. The number of likely N-dealkylation sites (N-methyl/N-ethyl adjacent to an activating group) is 1. The quantitative estimate of drug-likeness (QED) is 0.761. The fourth-order valence-electron chi connectivity index (χ4n) is 3.17. The molecule has 1 aliphatic rings. The molecular weight excluding hydrogens is 342 g/mol. The summed E-state index contributed by atoms with van der Waals surface area (Å²) in [7, 11) is 0. The van der Waals surface area contributed by atoms with Crippen LogP contribution >= 0.6 is 11.3 Å². The van der Waals surface area contributed by atoms with Crippen molar-refractivity contribution in [1.82, 2.24) is 15.1 Å². The minimum Gasteiger partial charge on any atom is -0.348 e. The number of nitrogens with one attached hydrogen (secondary N) is 1. The van der Waals surface area contributed by atoms with Gasteiger partial charge in [-0.25, -0.2) is 0 Å². The zero-order valence-electron chi connectivity index (χ0n) is 15.4. The smallest absolute Gasteiger partial charge is 0.244 e. The van der Waals surface area contributed by atoms with Crippen LogP contribution in [0.2, 0.25) is 0 Å². The highest BCUT2D eigenvalue weighted by atomic mass is 32.1. The Kier molecular flexibility index (Phi) is 7.00. The number of nitrogens with zero attached hydrogens (tertiary/aromatic N) is 2. The first-order valence-electron chi connectivity index (χ1n) is 9.25. The summed E-state index contributed by atoms with van der Waals surface area (Å²) in [6.07, 6.45) is 3.47. The number of carbonyl (C=O) groups is 1. The van der Waals surface area contributed by atoms with Gasteiger partial charge < -0.3 is 10.2 Å². The number of carbonyl (C=O) groups excluding carboxylic acids is 1. The molecule has 1 aliphatic heterocycles. The van der Waals surface area contributed by atoms with E-state index in [4.69, 9.17) is 0 Å². The fourth-order valence-corrected chi connectivity index (χ4v) is 3.79. The van der Waals surface area contributed by atoms with Crippen molar-refractivity contribution >= 4 is 23.3 Å². The summed E-state index contributed by atoms with van der Waals surface area (Å²) in [6.45, 7) is 9.38. The number of hydrogen-bond acceptors (Lipinski definition) is 4. The van der Waals surface area contributed by atoms with Crippen molar-refractivity contribution in [1.29, 1.82) is 0 Å². The summed E-state index contributed by atoms with van der Waals surface area (Å²) in [6, 6.07) is 12.4. The molecule has 0 saturated carbocycles. The van der Waals surface area contributed by atoms with Gasteiger partial charge in [-0.15, -0.1) is 11.3 Å². The van der Waals surface area contributed by atoms with Crippen LogP contribution in [0.25, 0.3) is 6.08 Å². The van der Waals surface area contributed by atoms with E-state index < -0.39 is 0 Å². The fraction of sp³-hybridized carbons (Fsp3) is 0.381. The van der Waals surface area contributed by atoms with Gasteiger partial charge in [0, 0.05) is 50.2 Å². The van der Waals surface area contributed by atoms with Gasteiger partial charge in [0.1, 0.15) is 0 Å². The van der Waals surface area contributed by atoms with Crippen LogP contribution in [0.1, 0.15) is 22.9 Å². The van der Waals surface area contributed by atoms with Crippen LogP contribution in [0.15, 0.2) is 47.9 Å². The summed E-state index contributed by atoms with van der Waals surface area (Å²) >= 11 is 1.63. The minimum atomic E-state index is -0.0511. The predicted octanol–water partition coefficient (Wildman–Crippen LogP) is 3.22. The molecule has 1 saturated heterocycles. The van der Waals surface area contributed by atoms with Crippen LogP contribution in [0.4, 0.5) is 0 Å².